The molecule has 0 unspecified atom stereocenters. The number of halogens is 1. The van der Waals surface area contributed by atoms with Gasteiger partial charge in [0.2, 0.25) is 0 Å². The van der Waals surface area contributed by atoms with Crippen LogP contribution in [-0.4, -0.2) is 20.8 Å². The number of hydrogen-bond donors (Lipinski definition) is 1. The van der Waals surface area contributed by atoms with E-state index in [1.165, 1.54) is 11.1 Å². The molecule has 0 aromatic carbocycles. The van der Waals surface area contributed by atoms with Gasteiger partial charge < -0.3 is 5.32 Å². The van der Waals surface area contributed by atoms with Gasteiger partial charge in [-0.05, 0) is 48.1 Å². The van der Waals surface area contributed by atoms with Gasteiger partial charge in [0.25, 0.3) is 0 Å². The topological polar surface area (TPSA) is 42.7 Å². The third-order valence-corrected chi connectivity index (χ3v) is 3.47. The third kappa shape index (κ3) is 3.54. The van der Waals surface area contributed by atoms with Gasteiger partial charge in [0.1, 0.15) is 0 Å². The van der Waals surface area contributed by atoms with E-state index in [-0.39, 0.29) is 0 Å². The normalized spacial score (nSPS) is 11.3. The maximum Gasteiger partial charge on any atom is 0.158 e. The summed E-state index contributed by atoms with van der Waals surface area (Å²) in [4.78, 5) is 4.65. The Hall–Kier alpha value is -0.950. The van der Waals surface area contributed by atoms with E-state index in [4.69, 9.17) is 0 Å². The van der Waals surface area contributed by atoms with Crippen LogP contribution in [0.25, 0.3) is 5.82 Å². The Bertz CT molecular complexity index is 575. The second kappa shape index (κ2) is 6.00. The first-order valence-corrected chi connectivity index (χ1v) is 7.46. The fourth-order valence-corrected chi connectivity index (χ4v) is 2.36. The van der Waals surface area contributed by atoms with E-state index >= 15 is 0 Å². The van der Waals surface area contributed by atoms with Crippen molar-refractivity contribution in [3.05, 3.63) is 38.9 Å². The standard InChI is InChI=1S/C14H19IN4/c1-9(2)16-7-13-10(3)5-11(4)18-14(13)19-8-12(15)6-17-19/h5-6,8-9,16H,7H2,1-4H3. The molecule has 0 fully saturated rings. The molecule has 0 spiro atoms. The predicted octanol–water partition coefficient (Wildman–Crippen LogP) is 2.99. The number of hydrogen-bond acceptors (Lipinski definition) is 3. The molecule has 0 aliphatic rings. The van der Waals surface area contributed by atoms with Crippen LogP contribution in [0.5, 0.6) is 0 Å². The largest absolute Gasteiger partial charge is 0.310 e. The molecule has 0 amide bonds. The highest BCUT2D eigenvalue weighted by atomic mass is 127. The summed E-state index contributed by atoms with van der Waals surface area (Å²) in [7, 11) is 0. The summed E-state index contributed by atoms with van der Waals surface area (Å²) in [6.07, 6.45) is 3.85. The molecule has 19 heavy (non-hydrogen) atoms. The smallest absolute Gasteiger partial charge is 0.158 e. The van der Waals surface area contributed by atoms with Crippen molar-refractivity contribution in [2.24, 2.45) is 0 Å². The SMILES string of the molecule is Cc1cc(C)c(CNC(C)C)c(-n2cc(I)cn2)n1. The van der Waals surface area contributed by atoms with Crippen LogP contribution in [0.1, 0.15) is 30.7 Å². The molecule has 102 valence electrons. The summed E-state index contributed by atoms with van der Waals surface area (Å²) in [5, 5.41) is 7.83. The second-order valence-electron chi connectivity index (χ2n) is 5.02. The van der Waals surface area contributed by atoms with Crippen molar-refractivity contribution in [3.63, 3.8) is 0 Å². The Morgan fingerprint density at radius 3 is 2.68 bits per heavy atom. The van der Waals surface area contributed by atoms with Crippen LogP contribution >= 0.6 is 22.6 Å². The maximum absolute atomic E-state index is 4.65. The monoisotopic (exact) mass is 370 g/mol. The van der Waals surface area contributed by atoms with Crippen LogP contribution in [-0.2, 0) is 6.54 Å². The molecule has 5 heteroatoms. The number of nitrogens with zero attached hydrogens (tertiary/aromatic N) is 3. The molecule has 2 heterocycles. The van der Waals surface area contributed by atoms with Crippen molar-refractivity contribution < 1.29 is 0 Å². The fourth-order valence-electron chi connectivity index (χ4n) is 1.97. The lowest BCUT2D eigenvalue weighted by molar-refractivity contribution is 0.583. The lowest BCUT2D eigenvalue weighted by Gasteiger charge is -2.15. The lowest BCUT2D eigenvalue weighted by atomic mass is 10.1. The van der Waals surface area contributed by atoms with Crippen LogP contribution in [0.3, 0.4) is 0 Å². The molecule has 0 aliphatic heterocycles. The molecule has 4 nitrogen and oxygen atoms in total. The van der Waals surface area contributed by atoms with Gasteiger partial charge in [0.15, 0.2) is 5.82 Å². The summed E-state index contributed by atoms with van der Waals surface area (Å²) < 4.78 is 2.97. The molecule has 0 atom stereocenters. The van der Waals surface area contributed by atoms with Crippen molar-refractivity contribution in [2.75, 3.05) is 0 Å². The molecular weight excluding hydrogens is 351 g/mol. The number of aromatic nitrogens is 3. The van der Waals surface area contributed by atoms with Gasteiger partial charge in [0, 0.05) is 30.0 Å². The lowest BCUT2D eigenvalue weighted by Crippen LogP contribution is -2.24. The number of rotatable bonds is 4. The summed E-state index contributed by atoms with van der Waals surface area (Å²) >= 11 is 2.26. The van der Waals surface area contributed by atoms with Crippen molar-refractivity contribution in [1.29, 1.82) is 0 Å². The second-order valence-corrected chi connectivity index (χ2v) is 6.27. The zero-order chi connectivity index (χ0) is 14.0. The zero-order valence-electron chi connectivity index (χ0n) is 11.7. The van der Waals surface area contributed by atoms with Gasteiger partial charge in [-0.3, -0.25) is 0 Å². The van der Waals surface area contributed by atoms with E-state index in [1.807, 2.05) is 24.0 Å². The molecule has 0 saturated heterocycles. The molecule has 0 saturated carbocycles. The molecule has 2 aromatic rings. The van der Waals surface area contributed by atoms with E-state index in [2.05, 4.69) is 64.8 Å². The molecule has 0 radical (unpaired) electrons. The van der Waals surface area contributed by atoms with Gasteiger partial charge >= 0.3 is 0 Å². The number of aryl methyl sites for hydroxylation is 2. The molecular formula is C14H19IN4. The minimum Gasteiger partial charge on any atom is -0.310 e. The summed E-state index contributed by atoms with van der Waals surface area (Å²) in [5.74, 6) is 0.925. The van der Waals surface area contributed by atoms with E-state index in [0.29, 0.717) is 6.04 Å². The molecule has 2 rings (SSSR count). The van der Waals surface area contributed by atoms with E-state index in [9.17, 15) is 0 Å². The van der Waals surface area contributed by atoms with Gasteiger partial charge in [0.05, 0.1) is 9.77 Å². The Labute approximate surface area is 127 Å². The Morgan fingerprint density at radius 2 is 2.11 bits per heavy atom. The zero-order valence-corrected chi connectivity index (χ0v) is 13.9. The Morgan fingerprint density at radius 1 is 1.37 bits per heavy atom. The maximum atomic E-state index is 4.65. The summed E-state index contributed by atoms with van der Waals surface area (Å²) in [5.41, 5.74) is 3.48. The van der Waals surface area contributed by atoms with Crippen molar-refractivity contribution in [2.45, 2.75) is 40.3 Å². The van der Waals surface area contributed by atoms with Crippen molar-refractivity contribution >= 4 is 22.6 Å². The first kappa shape index (κ1) is 14.5. The van der Waals surface area contributed by atoms with Crippen LogP contribution in [0.15, 0.2) is 18.5 Å². The van der Waals surface area contributed by atoms with Crippen LogP contribution < -0.4 is 5.32 Å². The molecule has 0 bridgehead atoms. The van der Waals surface area contributed by atoms with Crippen molar-refractivity contribution in [1.82, 2.24) is 20.1 Å². The molecule has 0 aliphatic carbocycles. The van der Waals surface area contributed by atoms with E-state index < -0.39 is 0 Å². The predicted molar refractivity (Wildman–Crippen MR) is 85.5 cm³/mol. The third-order valence-electron chi connectivity index (χ3n) is 2.91. The average Bonchev–Trinajstić information content (AvgIpc) is 2.73. The number of nitrogens with one attached hydrogen (secondary N) is 1. The van der Waals surface area contributed by atoms with Gasteiger partial charge in [-0.1, -0.05) is 13.8 Å². The highest BCUT2D eigenvalue weighted by molar-refractivity contribution is 14.1. The fraction of sp³-hybridized carbons (Fsp3) is 0.429. The highest BCUT2D eigenvalue weighted by Gasteiger charge is 2.12. The van der Waals surface area contributed by atoms with Gasteiger partial charge in [-0.15, -0.1) is 0 Å². The Balaban J connectivity index is 2.45. The van der Waals surface area contributed by atoms with E-state index in [1.54, 1.807) is 0 Å². The van der Waals surface area contributed by atoms with Crippen molar-refractivity contribution in [3.8, 4) is 5.82 Å². The van der Waals surface area contributed by atoms with Gasteiger partial charge in [-0.2, -0.15) is 5.10 Å². The summed E-state index contributed by atoms with van der Waals surface area (Å²) in [6.45, 7) is 9.25. The quantitative estimate of drug-likeness (QED) is 0.842. The minimum atomic E-state index is 0.450. The minimum absolute atomic E-state index is 0.450. The van der Waals surface area contributed by atoms with Crippen LogP contribution in [0.2, 0.25) is 0 Å². The average molecular weight is 370 g/mol. The Kier molecular flexibility index (Phi) is 4.57. The first-order valence-electron chi connectivity index (χ1n) is 6.38. The molecule has 2 aromatic heterocycles. The first-order chi connectivity index (χ1) is 8.97. The van der Waals surface area contributed by atoms with E-state index in [0.717, 1.165) is 21.6 Å². The molecule has 1 N–H and O–H groups in total. The number of pyridine rings is 1. The highest BCUT2D eigenvalue weighted by Crippen LogP contribution is 2.18. The summed E-state index contributed by atoms with van der Waals surface area (Å²) in [6, 6.07) is 2.57. The van der Waals surface area contributed by atoms with Crippen LogP contribution in [0, 0.1) is 17.4 Å². The van der Waals surface area contributed by atoms with Gasteiger partial charge in [-0.25, -0.2) is 9.67 Å². The van der Waals surface area contributed by atoms with Crippen LogP contribution in [0.4, 0.5) is 0 Å².